The van der Waals surface area contributed by atoms with Crippen molar-refractivity contribution in [1.82, 2.24) is 0 Å². The maximum Gasteiger partial charge on any atom is 0.166 e. The van der Waals surface area contributed by atoms with Crippen molar-refractivity contribution < 1.29 is 23.0 Å². The van der Waals surface area contributed by atoms with Gasteiger partial charge in [-0.05, 0) is 85.8 Å². The Kier molecular flexibility index (Phi) is 7.08. The third-order valence-corrected chi connectivity index (χ3v) is 6.71. The first-order valence-electron chi connectivity index (χ1n) is 11.6. The molecule has 3 aromatic carbocycles. The highest BCUT2D eigenvalue weighted by atomic mass is 19.2. The van der Waals surface area contributed by atoms with Gasteiger partial charge in [-0.3, -0.25) is 0 Å². The van der Waals surface area contributed by atoms with Crippen LogP contribution in [0, 0.1) is 17.5 Å². The summed E-state index contributed by atoms with van der Waals surface area (Å²) in [6.45, 7) is 3.89. The Morgan fingerprint density at radius 1 is 0.879 bits per heavy atom. The van der Waals surface area contributed by atoms with Crippen LogP contribution in [0.15, 0.2) is 54.6 Å². The quantitative estimate of drug-likeness (QED) is 0.414. The van der Waals surface area contributed by atoms with Gasteiger partial charge in [0.15, 0.2) is 23.2 Å². The minimum Gasteiger partial charge on any atom is -0.491 e. The number of halogens is 3. The maximum absolute atomic E-state index is 15.1. The van der Waals surface area contributed by atoms with Crippen LogP contribution in [-0.2, 0) is 0 Å². The Hall–Kier alpha value is -2.79. The summed E-state index contributed by atoms with van der Waals surface area (Å²) in [5.74, 6) is -1.59. The van der Waals surface area contributed by atoms with Crippen LogP contribution in [0.5, 0.6) is 5.75 Å². The second-order valence-corrected chi connectivity index (χ2v) is 8.80. The molecule has 0 amide bonds. The highest BCUT2D eigenvalue weighted by Gasteiger charge is 2.27. The molecule has 0 bridgehead atoms. The standard InChI is InChI=1S/C28H29F3O2/c1-3-33-26-15-12-22(16-25(26)29)19-6-10-21(11-7-19)24-14-13-23(27(30)28(24)31)20-8-4-18(5-9-20)17(2)32/h4-5,8-9,12-17,19,21,32H,3,6-7,10-11H2,1-2H3. The topological polar surface area (TPSA) is 29.5 Å². The molecule has 33 heavy (non-hydrogen) atoms. The molecule has 1 aliphatic carbocycles. The summed E-state index contributed by atoms with van der Waals surface area (Å²) in [5.41, 5.74) is 2.85. The summed E-state index contributed by atoms with van der Waals surface area (Å²) in [6.07, 6.45) is 2.41. The molecule has 0 spiro atoms. The molecule has 0 radical (unpaired) electrons. The number of ether oxygens (including phenoxy) is 1. The predicted molar refractivity (Wildman–Crippen MR) is 124 cm³/mol. The number of benzene rings is 3. The second kappa shape index (κ2) is 10.0. The maximum atomic E-state index is 15.1. The van der Waals surface area contributed by atoms with Crippen molar-refractivity contribution in [1.29, 1.82) is 0 Å². The lowest BCUT2D eigenvalue weighted by molar-refractivity contribution is 0.199. The average Bonchev–Trinajstić information content (AvgIpc) is 2.82. The third kappa shape index (κ3) is 4.93. The van der Waals surface area contributed by atoms with Gasteiger partial charge in [0.2, 0.25) is 0 Å². The third-order valence-electron chi connectivity index (χ3n) is 6.71. The van der Waals surface area contributed by atoms with Gasteiger partial charge in [0.05, 0.1) is 12.7 Å². The van der Waals surface area contributed by atoms with Gasteiger partial charge in [-0.15, -0.1) is 0 Å². The zero-order valence-electron chi connectivity index (χ0n) is 19.0. The highest BCUT2D eigenvalue weighted by molar-refractivity contribution is 5.65. The number of rotatable bonds is 6. The predicted octanol–water partition coefficient (Wildman–Crippen LogP) is 7.66. The number of hydrogen-bond donors (Lipinski definition) is 1. The summed E-state index contributed by atoms with van der Waals surface area (Å²) >= 11 is 0. The fraction of sp³-hybridized carbons (Fsp3) is 0.357. The fourth-order valence-corrected chi connectivity index (χ4v) is 4.83. The van der Waals surface area contributed by atoms with Crippen molar-refractivity contribution in [3.05, 3.63) is 88.7 Å². The van der Waals surface area contributed by atoms with E-state index in [9.17, 15) is 13.9 Å². The molecule has 2 nitrogen and oxygen atoms in total. The molecule has 5 heteroatoms. The van der Waals surface area contributed by atoms with Crippen LogP contribution in [-0.4, -0.2) is 11.7 Å². The van der Waals surface area contributed by atoms with Gasteiger partial charge in [-0.25, -0.2) is 13.2 Å². The number of aliphatic hydroxyl groups excluding tert-OH is 1. The van der Waals surface area contributed by atoms with Crippen LogP contribution in [0.2, 0.25) is 0 Å². The van der Waals surface area contributed by atoms with Crippen LogP contribution < -0.4 is 4.74 Å². The first kappa shape index (κ1) is 23.4. The lowest BCUT2D eigenvalue weighted by Gasteiger charge is -2.29. The van der Waals surface area contributed by atoms with Crippen molar-refractivity contribution in [2.75, 3.05) is 6.61 Å². The average molecular weight is 455 g/mol. The van der Waals surface area contributed by atoms with E-state index >= 15 is 4.39 Å². The summed E-state index contributed by atoms with van der Waals surface area (Å²) in [5, 5.41) is 9.65. The normalized spacial score (nSPS) is 19.3. The molecule has 1 N–H and O–H groups in total. The summed E-state index contributed by atoms with van der Waals surface area (Å²) in [6, 6.07) is 15.3. The van der Waals surface area contributed by atoms with E-state index in [0.29, 0.717) is 17.7 Å². The first-order valence-corrected chi connectivity index (χ1v) is 11.6. The molecule has 1 saturated carbocycles. The van der Waals surface area contributed by atoms with E-state index in [1.807, 2.05) is 13.0 Å². The largest absolute Gasteiger partial charge is 0.491 e. The highest BCUT2D eigenvalue weighted by Crippen LogP contribution is 2.43. The molecular weight excluding hydrogens is 425 g/mol. The van der Waals surface area contributed by atoms with Crippen LogP contribution in [0.4, 0.5) is 13.2 Å². The Morgan fingerprint density at radius 2 is 1.55 bits per heavy atom. The summed E-state index contributed by atoms with van der Waals surface area (Å²) in [4.78, 5) is 0. The van der Waals surface area contributed by atoms with E-state index in [1.165, 1.54) is 6.07 Å². The number of aliphatic hydroxyl groups is 1. The van der Waals surface area contributed by atoms with Gasteiger partial charge in [-0.2, -0.15) is 0 Å². The fourth-order valence-electron chi connectivity index (χ4n) is 4.83. The Morgan fingerprint density at radius 3 is 2.15 bits per heavy atom. The van der Waals surface area contributed by atoms with Crippen LogP contribution >= 0.6 is 0 Å². The zero-order chi connectivity index (χ0) is 23.5. The molecule has 1 atom stereocenters. The van der Waals surface area contributed by atoms with Gasteiger partial charge in [-0.1, -0.05) is 42.5 Å². The van der Waals surface area contributed by atoms with Crippen molar-refractivity contribution >= 4 is 0 Å². The molecule has 1 aliphatic rings. The monoisotopic (exact) mass is 454 g/mol. The molecule has 0 heterocycles. The molecule has 1 fully saturated rings. The molecule has 0 aliphatic heterocycles. The van der Waals surface area contributed by atoms with Gasteiger partial charge in [0, 0.05) is 5.56 Å². The van der Waals surface area contributed by atoms with Crippen molar-refractivity contribution in [3.8, 4) is 16.9 Å². The summed E-state index contributed by atoms with van der Waals surface area (Å²) in [7, 11) is 0. The van der Waals surface area contributed by atoms with E-state index < -0.39 is 17.7 Å². The molecule has 174 valence electrons. The SMILES string of the molecule is CCOc1ccc(C2CCC(c3ccc(-c4ccc(C(C)O)cc4)c(F)c3F)CC2)cc1F. The van der Waals surface area contributed by atoms with Gasteiger partial charge in [0.25, 0.3) is 0 Å². The lowest BCUT2D eigenvalue weighted by atomic mass is 9.76. The minimum atomic E-state index is -0.840. The lowest BCUT2D eigenvalue weighted by Crippen LogP contribution is -2.14. The second-order valence-electron chi connectivity index (χ2n) is 8.80. The van der Waals surface area contributed by atoms with E-state index in [1.54, 1.807) is 49.4 Å². The zero-order valence-corrected chi connectivity index (χ0v) is 19.0. The van der Waals surface area contributed by atoms with Crippen LogP contribution in [0.3, 0.4) is 0 Å². The van der Waals surface area contributed by atoms with E-state index in [-0.39, 0.29) is 29.0 Å². The van der Waals surface area contributed by atoms with Crippen molar-refractivity contribution in [3.63, 3.8) is 0 Å². The van der Waals surface area contributed by atoms with Crippen LogP contribution in [0.1, 0.15) is 74.2 Å². The molecule has 0 aromatic heterocycles. The van der Waals surface area contributed by atoms with Gasteiger partial charge >= 0.3 is 0 Å². The summed E-state index contributed by atoms with van der Waals surface area (Å²) < 4.78 is 49.5. The Labute approximate surface area is 193 Å². The molecule has 0 saturated heterocycles. The van der Waals surface area contributed by atoms with Gasteiger partial charge in [0.1, 0.15) is 0 Å². The number of hydrogen-bond acceptors (Lipinski definition) is 2. The van der Waals surface area contributed by atoms with E-state index in [0.717, 1.165) is 36.8 Å². The first-order chi connectivity index (χ1) is 15.9. The molecule has 1 unspecified atom stereocenters. The minimum absolute atomic E-state index is 0.0602. The van der Waals surface area contributed by atoms with Gasteiger partial charge < -0.3 is 9.84 Å². The van der Waals surface area contributed by atoms with Crippen LogP contribution in [0.25, 0.3) is 11.1 Å². The van der Waals surface area contributed by atoms with Crippen molar-refractivity contribution in [2.24, 2.45) is 0 Å². The van der Waals surface area contributed by atoms with Crippen molar-refractivity contribution in [2.45, 2.75) is 57.5 Å². The molecular formula is C28H29F3O2. The molecule has 4 rings (SSSR count). The van der Waals surface area contributed by atoms with E-state index in [2.05, 4.69) is 0 Å². The Bertz CT molecular complexity index is 1100. The van der Waals surface area contributed by atoms with E-state index in [4.69, 9.17) is 4.74 Å². The Balaban J connectivity index is 1.47. The smallest absolute Gasteiger partial charge is 0.166 e. The molecule has 3 aromatic rings.